The summed E-state index contributed by atoms with van der Waals surface area (Å²) in [5, 5.41) is 11.9. The number of methoxy groups -OCH3 is 1. The average molecular weight is 315 g/mol. The molecule has 0 spiro atoms. The molecule has 0 aliphatic carbocycles. The summed E-state index contributed by atoms with van der Waals surface area (Å²) >= 11 is 5.98. The maximum absolute atomic E-state index is 12.2. The Morgan fingerprint density at radius 1 is 1.48 bits per heavy atom. The predicted octanol–water partition coefficient (Wildman–Crippen LogP) is 3.07. The van der Waals surface area contributed by atoms with Crippen LogP contribution in [-0.2, 0) is 4.79 Å². The summed E-state index contributed by atoms with van der Waals surface area (Å²) in [6.07, 6.45) is 0.657. The molecule has 7 heteroatoms. The third-order valence-corrected chi connectivity index (χ3v) is 3.39. The molecule has 1 rings (SSSR count). The molecular weight excluding hydrogens is 296 g/mol. The number of hydrogen-bond acceptors (Lipinski definition) is 3. The van der Waals surface area contributed by atoms with E-state index in [1.165, 1.54) is 12.0 Å². The number of rotatable bonds is 6. The molecule has 0 saturated carbocycles. The summed E-state index contributed by atoms with van der Waals surface area (Å²) in [5.74, 6) is -0.558. The number of carbonyl (C=O) groups excluding carboxylic acids is 1. The van der Waals surface area contributed by atoms with Gasteiger partial charge >= 0.3 is 12.0 Å². The van der Waals surface area contributed by atoms with Gasteiger partial charge in [0.15, 0.2) is 0 Å². The zero-order chi connectivity index (χ0) is 16.0. The van der Waals surface area contributed by atoms with Gasteiger partial charge in [0.05, 0.1) is 12.1 Å². The number of aliphatic carboxylic acids is 1. The van der Waals surface area contributed by atoms with Gasteiger partial charge in [-0.15, -0.1) is 0 Å². The molecule has 1 aromatic carbocycles. The molecule has 21 heavy (non-hydrogen) atoms. The lowest BCUT2D eigenvalue weighted by atomic mass is 10.2. The predicted molar refractivity (Wildman–Crippen MR) is 81.1 cm³/mol. The average Bonchev–Trinajstić information content (AvgIpc) is 2.43. The van der Waals surface area contributed by atoms with Gasteiger partial charge in [0.2, 0.25) is 0 Å². The van der Waals surface area contributed by atoms with E-state index < -0.39 is 12.0 Å². The molecule has 2 N–H and O–H groups in total. The van der Waals surface area contributed by atoms with E-state index in [-0.39, 0.29) is 12.6 Å². The normalized spacial score (nSPS) is 11.6. The van der Waals surface area contributed by atoms with Crippen LogP contribution < -0.4 is 10.1 Å². The first-order chi connectivity index (χ1) is 9.88. The zero-order valence-electron chi connectivity index (χ0n) is 12.2. The monoisotopic (exact) mass is 314 g/mol. The quantitative estimate of drug-likeness (QED) is 0.845. The van der Waals surface area contributed by atoms with Crippen LogP contribution >= 0.6 is 11.6 Å². The molecule has 0 aliphatic rings. The number of benzene rings is 1. The topological polar surface area (TPSA) is 78.9 Å². The first-order valence-corrected chi connectivity index (χ1v) is 6.89. The van der Waals surface area contributed by atoms with Gasteiger partial charge in [0, 0.05) is 11.7 Å². The number of hydrogen-bond donors (Lipinski definition) is 2. The van der Waals surface area contributed by atoms with Crippen LogP contribution in [0.1, 0.15) is 20.3 Å². The molecule has 2 amide bonds. The van der Waals surface area contributed by atoms with E-state index >= 15 is 0 Å². The molecule has 0 radical (unpaired) electrons. The smallest absolute Gasteiger partial charge is 0.323 e. The van der Waals surface area contributed by atoms with Gasteiger partial charge in [0.25, 0.3) is 0 Å². The molecule has 0 heterocycles. The van der Waals surface area contributed by atoms with Crippen molar-refractivity contribution in [3.63, 3.8) is 0 Å². The number of nitrogens with one attached hydrogen (secondary N) is 1. The van der Waals surface area contributed by atoms with Gasteiger partial charge in [-0.2, -0.15) is 0 Å². The highest BCUT2D eigenvalue weighted by molar-refractivity contribution is 6.32. The Labute approximate surface area is 128 Å². The van der Waals surface area contributed by atoms with E-state index in [2.05, 4.69) is 5.32 Å². The number of ether oxygens (including phenoxy) is 1. The van der Waals surface area contributed by atoms with Crippen molar-refractivity contribution in [3.8, 4) is 5.75 Å². The van der Waals surface area contributed by atoms with Crippen molar-refractivity contribution >= 4 is 29.3 Å². The highest BCUT2D eigenvalue weighted by atomic mass is 35.5. The minimum Gasteiger partial charge on any atom is -0.495 e. The maximum atomic E-state index is 12.2. The Morgan fingerprint density at radius 3 is 2.62 bits per heavy atom. The second-order valence-corrected chi connectivity index (χ2v) is 4.97. The Bertz CT molecular complexity index is 522. The number of carboxylic acids is 1. The Morgan fingerprint density at radius 2 is 2.14 bits per heavy atom. The SMILES string of the molecule is CCC(C)N(CC(=O)O)C(=O)Nc1ccc(OC)c(Cl)c1. The van der Waals surface area contributed by atoms with E-state index in [0.717, 1.165) is 0 Å². The Balaban J connectivity index is 2.85. The number of anilines is 1. The molecule has 0 aliphatic heterocycles. The molecule has 1 aromatic rings. The molecule has 0 aromatic heterocycles. The van der Waals surface area contributed by atoms with Crippen molar-refractivity contribution in [2.75, 3.05) is 19.0 Å². The van der Waals surface area contributed by atoms with E-state index in [0.29, 0.717) is 22.9 Å². The van der Waals surface area contributed by atoms with Gasteiger partial charge in [-0.1, -0.05) is 18.5 Å². The first kappa shape index (κ1) is 17.1. The number of halogens is 1. The Kier molecular flexibility index (Phi) is 6.30. The van der Waals surface area contributed by atoms with Gasteiger partial charge in [-0.05, 0) is 31.5 Å². The van der Waals surface area contributed by atoms with E-state index in [4.69, 9.17) is 21.4 Å². The molecule has 0 saturated heterocycles. The molecular formula is C14H19ClN2O4. The number of urea groups is 1. The fourth-order valence-corrected chi connectivity index (χ4v) is 1.99. The fourth-order valence-electron chi connectivity index (χ4n) is 1.73. The molecule has 0 bridgehead atoms. The number of carbonyl (C=O) groups is 2. The van der Waals surface area contributed by atoms with Crippen molar-refractivity contribution in [2.24, 2.45) is 0 Å². The van der Waals surface area contributed by atoms with Crippen LogP contribution in [-0.4, -0.2) is 41.7 Å². The summed E-state index contributed by atoms with van der Waals surface area (Å²) in [7, 11) is 1.50. The maximum Gasteiger partial charge on any atom is 0.323 e. The highest BCUT2D eigenvalue weighted by Gasteiger charge is 2.21. The van der Waals surface area contributed by atoms with Gasteiger partial charge in [-0.3, -0.25) is 4.79 Å². The van der Waals surface area contributed by atoms with E-state index in [9.17, 15) is 9.59 Å². The van der Waals surface area contributed by atoms with E-state index in [1.807, 2.05) is 6.92 Å². The van der Waals surface area contributed by atoms with Crippen molar-refractivity contribution in [3.05, 3.63) is 23.2 Å². The van der Waals surface area contributed by atoms with Crippen LogP contribution in [0.2, 0.25) is 5.02 Å². The minimum atomic E-state index is -1.06. The lowest BCUT2D eigenvalue weighted by molar-refractivity contribution is -0.138. The van der Waals surface area contributed by atoms with Crippen molar-refractivity contribution < 1.29 is 19.4 Å². The van der Waals surface area contributed by atoms with Crippen LogP contribution in [0.25, 0.3) is 0 Å². The standard InChI is InChI=1S/C14H19ClN2O4/c1-4-9(2)17(8-13(18)19)14(20)16-10-5-6-12(21-3)11(15)7-10/h5-7,9H,4,8H2,1-3H3,(H,16,20)(H,18,19). The summed E-state index contributed by atoms with van der Waals surface area (Å²) in [6, 6.07) is 4.15. The largest absolute Gasteiger partial charge is 0.495 e. The van der Waals surface area contributed by atoms with Crippen LogP contribution in [0.4, 0.5) is 10.5 Å². The summed E-state index contributed by atoms with van der Waals surface area (Å²) in [4.78, 5) is 24.3. The number of nitrogens with zero attached hydrogens (tertiary/aromatic N) is 1. The third-order valence-electron chi connectivity index (χ3n) is 3.09. The zero-order valence-corrected chi connectivity index (χ0v) is 13.0. The molecule has 1 unspecified atom stereocenters. The van der Waals surface area contributed by atoms with Gasteiger partial charge < -0.3 is 20.1 Å². The summed E-state index contributed by atoms with van der Waals surface area (Å²) in [5.41, 5.74) is 0.476. The second-order valence-electron chi connectivity index (χ2n) is 4.56. The van der Waals surface area contributed by atoms with Crippen molar-refractivity contribution in [2.45, 2.75) is 26.3 Å². The minimum absolute atomic E-state index is 0.185. The molecule has 1 atom stereocenters. The van der Waals surface area contributed by atoms with Crippen LogP contribution in [0.15, 0.2) is 18.2 Å². The lowest BCUT2D eigenvalue weighted by Gasteiger charge is -2.27. The molecule has 6 nitrogen and oxygen atoms in total. The van der Waals surface area contributed by atoms with Gasteiger partial charge in [-0.25, -0.2) is 4.79 Å². The highest BCUT2D eigenvalue weighted by Crippen LogP contribution is 2.27. The number of carboxylic acid groups (broad SMARTS) is 1. The third kappa shape index (κ3) is 4.82. The molecule has 116 valence electrons. The Hall–Kier alpha value is -1.95. The number of amides is 2. The lowest BCUT2D eigenvalue weighted by Crippen LogP contribution is -2.44. The summed E-state index contributed by atoms with van der Waals surface area (Å²) in [6.45, 7) is 3.32. The van der Waals surface area contributed by atoms with Crippen molar-refractivity contribution in [1.29, 1.82) is 0 Å². The van der Waals surface area contributed by atoms with E-state index in [1.54, 1.807) is 25.1 Å². The van der Waals surface area contributed by atoms with Crippen LogP contribution in [0, 0.1) is 0 Å². The second kappa shape index (κ2) is 7.73. The van der Waals surface area contributed by atoms with Crippen LogP contribution in [0.5, 0.6) is 5.75 Å². The molecule has 0 fully saturated rings. The fraction of sp³-hybridized carbons (Fsp3) is 0.429. The van der Waals surface area contributed by atoms with Gasteiger partial charge in [0.1, 0.15) is 12.3 Å². The summed E-state index contributed by atoms with van der Waals surface area (Å²) < 4.78 is 5.03. The van der Waals surface area contributed by atoms with Crippen molar-refractivity contribution in [1.82, 2.24) is 4.90 Å². The van der Waals surface area contributed by atoms with Crippen LogP contribution in [0.3, 0.4) is 0 Å². The first-order valence-electron chi connectivity index (χ1n) is 6.52.